The molecular weight excluding hydrogens is 356 g/mol. The summed E-state index contributed by atoms with van der Waals surface area (Å²) in [5, 5.41) is 10.4. The van der Waals surface area contributed by atoms with Crippen molar-refractivity contribution < 1.29 is 24.2 Å². The van der Waals surface area contributed by atoms with Gasteiger partial charge in [-0.25, -0.2) is 9.59 Å². The van der Waals surface area contributed by atoms with Crippen molar-refractivity contribution in [1.82, 2.24) is 0 Å². The van der Waals surface area contributed by atoms with Crippen LogP contribution in [0.3, 0.4) is 0 Å². The molecule has 0 radical (unpaired) electrons. The van der Waals surface area contributed by atoms with E-state index < -0.39 is 18.0 Å². The lowest BCUT2D eigenvalue weighted by atomic mass is 9.96. The monoisotopic (exact) mass is 378 g/mol. The average Bonchev–Trinajstić information content (AvgIpc) is 3.05. The summed E-state index contributed by atoms with van der Waals surface area (Å²) in [6.45, 7) is 10.3. The van der Waals surface area contributed by atoms with Crippen LogP contribution < -0.4 is 9.47 Å². The molecule has 0 amide bonds. The van der Waals surface area contributed by atoms with Gasteiger partial charge in [0.25, 0.3) is 0 Å². The molecule has 1 unspecified atom stereocenters. The first-order valence-electron chi connectivity index (χ1n) is 8.97. The Hall–Kier alpha value is -3.18. The second-order valence-corrected chi connectivity index (χ2v) is 6.92. The second-order valence-electron chi connectivity index (χ2n) is 6.92. The Bertz CT molecular complexity index is 969. The van der Waals surface area contributed by atoms with Gasteiger partial charge in [0.05, 0.1) is 6.10 Å². The van der Waals surface area contributed by atoms with Gasteiger partial charge in [-0.3, -0.25) is 0 Å². The summed E-state index contributed by atoms with van der Waals surface area (Å²) in [5.74, 6) is -0.192. The molecule has 1 aliphatic carbocycles. The van der Waals surface area contributed by atoms with Gasteiger partial charge >= 0.3 is 11.9 Å². The van der Waals surface area contributed by atoms with Gasteiger partial charge in [0.1, 0.15) is 11.5 Å². The van der Waals surface area contributed by atoms with E-state index in [-0.39, 0.29) is 0 Å². The standard InChI is InChI=1S/C23H22O5/c1-13(2)22(25)27-16-7-5-15(6-8-16)17-10-12-20(28-23(26)14(3)4)21-18(17)9-11-19(21)24/h5-8,10,12,19,24H,1,3,9,11H2,2,4H3. The van der Waals surface area contributed by atoms with Gasteiger partial charge in [-0.15, -0.1) is 0 Å². The van der Waals surface area contributed by atoms with E-state index >= 15 is 0 Å². The minimum absolute atomic E-state index is 0.296. The van der Waals surface area contributed by atoms with Crippen molar-refractivity contribution in [2.24, 2.45) is 0 Å². The predicted molar refractivity (Wildman–Crippen MR) is 106 cm³/mol. The van der Waals surface area contributed by atoms with Crippen LogP contribution in [0.25, 0.3) is 11.1 Å². The molecule has 5 nitrogen and oxygen atoms in total. The smallest absolute Gasteiger partial charge is 0.338 e. The number of hydrogen-bond acceptors (Lipinski definition) is 5. The minimum Gasteiger partial charge on any atom is -0.423 e. The summed E-state index contributed by atoms with van der Waals surface area (Å²) in [7, 11) is 0. The molecule has 0 heterocycles. The molecule has 1 atom stereocenters. The third kappa shape index (κ3) is 3.89. The van der Waals surface area contributed by atoms with Gasteiger partial charge in [0.15, 0.2) is 0 Å². The first-order chi connectivity index (χ1) is 13.3. The van der Waals surface area contributed by atoms with E-state index in [4.69, 9.17) is 9.47 Å². The number of fused-ring (bicyclic) bond motifs is 1. The van der Waals surface area contributed by atoms with Gasteiger partial charge in [-0.1, -0.05) is 31.4 Å². The summed E-state index contributed by atoms with van der Waals surface area (Å²) in [5.41, 5.74) is 4.08. The lowest BCUT2D eigenvalue weighted by molar-refractivity contribution is -0.131. The molecule has 2 aromatic rings. The maximum atomic E-state index is 11.9. The Morgan fingerprint density at radius 1 is 0.964 bits per heavy atom. The molecule has 3 rings (SSSR count). The zero-order valence-electron chi connectivity index (χ0n) is 16.0. The molecule has 0 spiro atoms. The fraction of sp³-hybridized carbons (Fsp3) is 0.217. The molecule has 0 saturated heterocycles. The van der Waals surface area contributed by atoms with E-state index in [0.29, 0.717) is 41.1 Å². The Balaban J connectivity index is 1.93. The van der Waals surface area contributed by atoms with Gasteiger partial charge in [0.2, 0.25) is 0 Å². The van der Waals surface area contributed by atoms with Crippen molar-refractivity contribution in [1.29, 1.82) is 0 Å². The molecule has 144 valence electrons. The largest absolute Gasteiger partial charge is 0.423 e. The molecule has 1 aliphatic rings. The summed E-state index contributed by atoms with van der Waals surface area (Å²) in [4.78, 5) is 23.5. The summed E-state index contributed by atoms with van der Waals surface area (Å²) in [6.07, 6.45) is 0.563. The number of benzene rings is 2. The van der Waals surface area contributed by atoms with Crippen LogP contribution in [0.4, 0.5) is 0 Å². The molecule has 0 saturated carbocycles. The summed E-state index contributed by atoms with van der Waals surface area (Å²) < 4.78 is 10.6. The van der Waals surface area contributed by atoms with Gasteiger partial charge < -0.3 is 14.6 Å². The maximum Gasteiger partial charge on any atom is 0.338 e. The molecule has 5 heteroatoms. The van der Waals surface area contributed by atoms with Crippen LogP contribution in [0.5, 0.6) is 11.5 Å². The number of carbonyl (C=O) groups excluding carboxylic acids is 2. The number of esters is 2. The second kappa shape index (κ2) is 7.82. The zero-order valence-corrected chi connectivity index (χ0v) is 16.0. The van der Waals surface area contributed by atoms with Crippen LogP contribution in [0.15, 0.2) is 60.7 Å². The quantitative estimate of drug-likeness (QED) is 0.477. The molecule has 1 N–H and O–H groups in total. The Kier molecular flexibility index (Phi) is 5.47. The summed E-state index contributed by atoms with van der Waals surface area (Å²) in [6, 6.07) is 10.7. The predicted octanol–water partition coefficient (Wildman–Crippen LogP) is 4.30. The summed E-state index contributed by atoms with van der Waals surface area (Å²) >= 11 is 0. The molecule has 2 aromatic carbocycles. The first kappa shape index (κ1) is 19.6. The van der Waals surface area contributed by atoms with Crippen LogP contribution in [-0.4, -0.2) is 17.0 Å². The number of ether oxygens (including phenoxy) is 2. The normalized spacial score (nSPS) is 14.9. The van der Waals surface area contributed by atoms with E-state index in [1.807, 2.05) is 18.2 Å². The first-order valence-corrected chi connectivity index (χ1v) is 8.97. The van der Waals surface area contributed by atoms with Crippen LogP contribution in [0, 0.1) is 0 Å². The highest BCUT2D eigenvalue weighted by atomic mass is 16.5. The number of aliphatic hydroxyl groups is 1. The van der Waals surface area contributed by atoms with Crippen molar-refractivity contribution in [2.75, 3.05) is 0 Å². The van der Waals surface area contributed by atoms with Crippen molar-refractivity contribution in [3.8, 4) is 22.6 Å². The van der Waals surface area contributed by atoms with Crippen LogP contribution in [0.2, 0.25) is 0 Å². The highest BCUT2D eigenvalue weighted by molar-refractivity contribution is 5.90. The SMILES string of the molecule is C=C(C)C(=O)Oc1ccc(-c2ccc(OC(=O)C(=C)C)c3c2CCC3O)cc1. The minimum atomic E-state index is -0.682. The van der Waals surface area contributed by atoms with E-state index in [1.54, 1.807) is 32.0 Å². The molecule has 0 aliphatic heterocycles. The third-order valence-corrected chi connectivity index (χ3v) is 4.59. The highest BCUT2D eigenvalue weighted by Crippen LogP contribution is 2.43. The van der Waals surface area contributed by atoms with Crippen molar-refractivity contribution in [2.45, 2.75) is 32.8 Å². The third-order valence-electron chi connectivity index (χ3n) is 4.59. The lowest BCUT2D eigenvalue weighted by Crippen LogP contribution is -2.10. The highest BCUT2D eigenvalue weighted by Gasteiger charge is 2.28. The van der Waals surface area contributed by atoms with E-state index in [0.717, 1.165) is 16.7 Å². The molecule has 0 fully saturated rings. The van der Waals surface area contributed by atoms with Crippen molar-refractivity contribution >= 4 is 11.9 Å². The number of carbonyl (C=O) groups is 2. The topological polar surface area (TPSA) is 72.8 Å². The number of rotatable bonds is 5. The van der Waals surface area contributed by atoms with Gasteiger partial charge in [-0.2, -0.15) is 0 Å². The van der Waals surface area contributed by atoms with Crippen molar-refractivity contribution in [3.63, 3.8) is 0 Å². The van der Waals surface area contributed by atoms with E-state index in [2.05, 4.69) is 13.2 Å². The Morgan fingerprint density at radius 2 is 1.57 bits per heavy atom. The van der Waals surface area contributed by atoms with E-state index in [9.17, 15) is 14.7 Å². The van der Waals surface area contributed by atoms with Crippen LogP contribution in [0.1, 0.15) is 37.5 Å². The number of aliphatic hydroxyl groups excluding tert-OH is 1. The van der Waals surface area contributed by atoms with Crippen molar-refractivity contribution in [3.05, 3.63) is 71.8 Å². The van der Waals surface area contributed by atoms with Crippen LogP contribution in [-0.2, 0) is 16.0 Å². The zero-order chi connectivity index (χ0) is 20.4. The van der Waals surface area contributed by atoms with Gasteiger partial charge in [0, 0.05) is 16.7 Å². The fourth-order valence-electron chi connectivity index (χ4n) is 3.15. The molecule has 28 heavy (non-hydrogen) atoms. The molecule has 0 bridgehead atoms. The average molecular weight is 378 g/mol. The van der Waals surface area contributed by atoms with Crippen LogP contribution >= 0.6 is 0 Å². The van der Waals surface area contributed by atoms with E-state index in [1.165, 1.54) is 0 Å². The lowest BCUT2D eigenvalue weighted by Gasteiger charge is -2.15. The maximum absolute atomic E-state index is 11.9. The Labute approximate surface area is 163 Å². The fourth-order valence-corrected chi connectivity index (χ4v) is 3.15. The number of hydrogen-bond donors (Lipinski definition) is 1. The van der Waals surface area contributed by atoms with Gasteiger partial charge in [-0.05, 0) is 61.6 Å². The Morgan fingerprint density at radius 3 is 2.18 bits per heavy atom. The molecule has 0 aromatic heterocycles. The molecular formula is C23H22O5.